The zero-order chi connectivity index (χ0) is 15.6. The van der Waals surface area contributed by atoms with Crippen LogP contribution in [-0.2, 0) is 22.0 Å². The molecule has 2 unspecified atom stereocenters. The zero-order valence-electron chi connectivity index (χ0n) is 13.2. The maximum Gasteiger partial charge on any atom is 0.242 e. The third-order valence-corrected chi connectivity index (χ3v) is 5.02. The minimum atomic E-state index is -1.08. The van der Waals surface area contributed by atoms with Crippen molar-refractivity contribution in [3.05, 3.63) is 47.1 Å². The van der Waals surface area contributed by atoms with Crippen LogP contribution in [-0.4, -0.2) is 14.3 Å². The molecular weight excluding hydrogens is 284 g/mol. The smallest absolute Gasteiger partial charge is 0.242 e. The van der Waals surface area contributed by atoms with Crippen LogP contribution in [0.5, 0.6) is 0 Å². The van der Waals surface area contributed by atoms with Crippen molar-refractivity contribution in [1.82, 2.24) is 10.1 Å². The van der Waals surface area contributed by atoms with Crippen molar-refractivity contribution in [3.8, 4) is 0 Å². The molecule has 0 bridgehead atoms. The number of hydrogen-bond acceptors (Lipinski definition) is 4. The fourth-order valence-electron chi connectivity index (χ4n) is 1.98. The third-order valence-electron chi connectivity index (χ3n) is 3.41. The van der Waals surface area contributed by atoms with E-state index in [2.05, 4.69) is 43.0 Å². The van der Waals surface area contributed by atoms with Crippen molar-refractivity contribution >= 4 is 10.8 Å². The molecule has 21 heavy (non-hydrogen) atoms. The predicted octanol–water partition coefficient (Wildman–Crippen LogP) is 3.69. The van der Waals surface area contributed by atoms with E-state index < -0.39 is 10.8 Å². The fraction of sp³-hybridized carbons (Fsp3) is 0.500. The molecule has 2 atom stereocenters. The van der Waals surface area contributed by atoms with Gasteiger partial charge in [0.2, 0.25) is 5.89 Å². The molecule has 1 heterocycles. The van der Waals surface area contributed by atoms with Crippen LogP contribution in [0.15, 0.2) is 28.8 Å². The Balaban J connectivity index is 2.06. The van der Waals surface area contributed by atoms with Gasteiger partial charge in [-0.25, -0.2) is 0 Å². The summed E-state index contributed by atoms with van der Waals surface area (Å²) in [5.41, 5.74) is 2.47. The quantitative estimate of drug-likeness (QED) is 0.864. The Labute approximate surface area is 128 Å². The first kappa shape index (κ1) is 15.9. The van der Waals surface area contributed by atoms with Gasteiger partial charge in [-0.05, 0) is 30.4 Å². The van der Waals surface area contributed by atoms with Gasteiger partial charge in [-0.1, -0.05) is 50.2 Å². The molecular formula is C16H22N2O2S. The van der Waals surface area contributed by atoms with Crippen LogP contribution in [0, 0.1) is 6.92 Å². The van der Waals surface area contributed by atoms with Crippen molar-refractivity contribution < 1.29 is 8.73 Å². The van der Waals surface area contributed by atoms with Crippen LogP contribution < -0.4 is 0 Å². The molecule has 0 fully saturated rings. The van der Waals surface area contributed by atoms with Gasteiger partial charge in [0.15, 0.2) is 5.82 Å². The Hall–Kier alpha value is -1.49. The molecule has 0 spiro atoms. The minimum absolute atomic E-state index is 0.131. The van der Waals surface area contributed by atoms with Gasteiger partial charge in [0.05, 0.1) is 0 Å². The predicted molar refractivity (Wildman–Crippen MR) is 84.4 cm³/mol. The van der Waals surface area contributed by atoms with Gasteiger partial charge < -0.3 is 4.52 Å². The van der Waals surface area contributed by atoms with Crippen LogP contribution in [0.1, 0.15) is 55.8 Å². The summed E-state index contributed by atoms with van der Waals surface area (Å²) in [6, 6.07) is 8.30. The summed E-state index contributed by atoms with van der Waals surface area (Å²) in [5, 5.41) is 3.49. The molecule has 0 aliphatic rings. The normalized spacial score (nSPS) is 14.9. The van der Waals surface area contributed by atoms with Crippen LogP contribution >= 0.6 is 0 Å². The Morgan fingerprint density at radius 2 is 1.86 bits per heavy atom. The molecule has 0 saturated carbocycles. The second kappa shape index (κ2) is 6.10. The van der Waals surface area contributed by atoms with Gasteiger partial charge in [0.25, 0.3) is 0 Å². The number of nitrogens with zero attached hydrogens (tertiary/aromatic N) is 2. The number of hydrogen-bond donors (Lipinski definition) is 0. The molecule has 1 aromatic heterocycles. The number of benzene rings is 1. The maximum absolute atomic E-state index is 12.4. The van der Waals surface area contributed by atoms with Gasteiger partial charge in [0, 0.05) is 16.6 Å². The summed E-state index contributed by atoms with van der Waals surface area (Å²) in [6.07, 6.45) is 0. The Morgan fingerprint density at radius 3 is 2.33 bits per heavy atom. The summed E-state index contributed by atoms with van der Waals surface area (Å²) in [7, 11) is -1.08. The molecule has 0 amide bonds. The lowest BCUT2D eigenvalue weighted by Gasteiger charge is -2.19. The first-order chi connectivity index (χ1) is 9.77. The molecule has 5 heteroatoms. The molecule has 114 valence electrons. The van der Waals surface area contributed by atoms with Gasteiger partial charge in [0.1, 0.15) is 5.25 Å². The van der Waals surface area contributed by atoms with E-state index in [1.807, 2.05) is 19.1 Å². The minimum Gasteiger partial charge on any atom is -0.338 e. The summed E-state index contributed by atoms with van der Waals surface area (Å²) in [5.74, 6) is 1.51. The van der Waals surface area contributed by atoms with Crippen LogP contribution in [0.25, 0.3) is 0 Å². The summed E-state index contributed by atoms with van der Waals surface area (Å²) >= 11 is 0. The van der Waals surface area contributed by atoms with Crippen LogP contribution in [0.4, 0.5) is 0 Å². The standard InChI is InChI=1S/C16H22N2O2S/c1-11(15-17-12(2)18-20-15)21(19)10-13-6-8-14(9-7-13)16(3,4)5/h6-9,11H,10H2,1-5H3. The highest BCUT2D eigenvalue weighted by Gasteiger charge is 2.20. The van der Waals surface area contributed by atoms with E-state index in [0.29, 0.717) is 17.5 Å². The van der Waals surface area contributed by atoms with Gasteiger partial charge in [-0.3, -0.25) is 4.21 Å². The lowest BCUT2D eigenvalue weighted by Crippen LogP contribution is -2.11. The molecule has 1 aromatic carbocycles. The Morgan fingerprint density at radius 1 is 1.24 bits per heavy atom. The molecule has 0 aliphatic carbocycles. The average Bonchev–Trinajstić information content (AvgIpc) is 2.84. The Bertz CT molecular complexity index is 626. The number of aryl methyl sites for hydroxylation is 1. The monoisotopic (exact) mass is 306 g/mol. The highest BCUT2D eigenvalue weighted by Crippen LogP contribution is 2.24. The maximum atomic E-state index is 12.4. The molecule has 0 radical (unpaired) electrons. The summed E-state index contributed by atoms with van der Waals surface area (Å²) < 4.78 is 17.5. The van der Waals surface area contributed by atoms with Crippen LogP contribution in [0.2, 0.25) is 0 Å². The van der Waals surface area contributed by atoms with Crippen molar-refractivity contribution in [2.24, 2.45) is 0 Å². The van der Waals surface area contributed by atoms with E-state index >= 15 is 0 Å². The molecule has 4 nitrogen and oxygen atoms in total. The van der Waals surface area contributed by atoms with Crippen molar-refractivity contribution in [3.63, 3.8) is 0 Å². The second-order valence-corrected chi connectivity index (χ2v) is 8.05. The van der Waals surface area contributed by atoms with E-state index in [9.17, 15) is 4.21 Å². The first-order valence-corrected chi connectivity index (χ1v) is 8.42. The highest BCUT2D eigenvalue weighted by molar-refractivity contribution is 7.84. The second-order valence-electron chi connectivity index (χ2n) is 6.29. The SMILES string of the molecule is Cc1noc(C(C)S(=O)Cc2ccc(C(C)(C)C)cc2)n1. The molecule has 2 rings (SSSR count). The number of rotatable bonds is 4. The largest absolute Gasteiger partial charge is 0.338 e. The van der Waals surface area contributed by atoms with Gasteiger partial charge >= 0.3 is 0 Å². The first-order valence-electron chi connectivity index (χ1n) is 7.04. The lowest BCUT2D eigenvalue weighted by molar-refractivity contribution is 0.375. The Kier molecular flexibility index (Phi) is 4.61. The zero-order valence-corrected chi connectivity index (χ0v) is 14.0. The van der Waals surface area contributed by atoms with Crippen LogP contribution in [0.3, 0.4) is 0 Å². The molecule has 0 aliphatic heterocycles. The third kappa shape index (κ3) is 4.00. The van der Waals surface area contributed by atoms with E-state index in [1.54, 1.807) is 6.92 Å². The molecule has 0 N–H and O–H groups in total. The van der Waals surface area contributed by atoms with E-state index in [0.717, 1.165) is 5.56 Å². The summed E-state index contributed by atoms with van der Waals surface area (Å²) in [6.45, 7) is 10.2. The van der Waals surface area contributed by atoms with Crippen molar-refractivity contribution in [2.45, 2.75) is 51.0 Å². The van der Waals surface area contributed by atoms with Crippen molar-refractivity contribution in [1.29, 1.82) is 0 Å². The summed E-state index contributed by atoms with van der Waals surface area (Å²) in [4.78, 5) is 4.15. The van der Waals surface area contributed by atoms with Crippen molar-refractivity contribution in [2.75, 3.05) is 0 Å². The highest BCUT2D eigenvalue weighted by atomic mass is 32.2. The lowest BCUT2D eigenvalue weighted by atomic mass is 9.87. The number of aromatic nitrogens is 2. The van der Waals surface area contributed by atoms with Gasteiger partial charge in [-0.2, -0.15) is 4.98 Å². The topological polar surface area (TPSA) is 56.0 Å². The average molecular weight is 306 g/mol. The van der Waals surface area contributed by atoms with E-state index in [1.165, 1.54) is 5.56 Å². The van der Waals surface area contributed by atoms with E-state index in [4.69, 9.17) is 4.52 Å². The fourth-order valence-corrected chi connectivity index (χ4v) is 3.07. The molecule has 0 saturated heterocycles. The van der Waals surface area contributed by atoms with Gasteiger partial charge in [-0.15, -0.1) is 0 Å². The molecule has 2 aromatic rings. The van der Waals surface area contributed by atoms with E-state index in [-0.39, 0.29) is 10.7 Å².